The van der Waals surface area contributed by atoms with Crippen LogP contribution in [0.1, 0.15) is 12.5 Å². The Balaban J connectivity index is 2.59. The minimum Gasteiger partial charge on any atom is -0.373 e. The van der Waals surface area contributed by atoms with Crippen molar-refractivity contribution in [3.8, 4) is 0 Å². The second kappa shape index (κ2) is 7.50. The Kier molecular flexibility index (Phi) is 6.31. The molecule has 0 aromatic heterocycles. The summed E-state index contributed by atoms with van der Waals surface area (Å²) >= 11 is 3.47. The highest BCUT2D eigenvalue weighted by Crippen LogP contribution is 2.22. The average molecular weight is 328 g/mol. The van der Waals surface area contributed by atoms with E-state index < -0.39 is 0 Å². The fourth-order valence-corrected chi connectivity index (χ4v) is 2.50. The summed E-state index contributed by atoms with van der Waals surface area (Å²) < 4.78 is 1.09. The maximum absolute atomic E-state index is 10.9. The summed E-state index contributed by atoms with van der Waals surface area (Å²) in [6, 6.07) is 6.25. The van der Waals surface area contributed by atoms with Crippen molar-refractivity contribution in [2.24, 2.45) is 5.73 Å². The van der Waals surface area contributed by atoms with E-state index in [1.165, 1.54) is 11.3 Å². The zero-order chi connectivity index (χ0) is 14.4. The second-order valence-corrected chi connectivity index (χ2v) is 5.60. The number of likely N-dealkylation sites (N-methyl/N-ethyl adjacent to an activating group) is 2. The highest BCUT2D eigenvalue weighted by Gasteiger charge is 2.09. The SMILES string of the molecule is CCN(CCN(C)c1ccc(Br)cc1C)CC(N)=O. The van der Waals surface area contributed by atoms with Crippen LogP contribution >= 0.6 is 15.9 Å². The molecule has 0 aliphatic carbocycles. The second-order valence-electron chi connectivity index (χ2n) is 4.69. The van der Waals surface area contributed by atoms with Gasteiger partial charge in [0.05, 0.1) is 6.54 Å². The molecule has 19 heavy (non-hydrogen) atoms. The maximum Gasteiger partial charge on any atom is 0.231 e. The van der Waals surface area contributed by atoms with Crippen LogP contribution in [-0.4, -0.2) is 44.0 Å². The lowest BCUT2D eigenvalue weighted by Crippen LogP contribution is -2.38. The van der Waals surface area contributed by atoms with Crippen molar-refractivity contribution in [1.29, 1.82) is 0 Å². The normalized spacial score (nSPS) is 10.8. The van der Waals surface area contributed by atoms with E-state index in [9.17, 15) is 4.79 Å². The maximum atomic E-state index is 10.9. The van der Waals surface area contributed by atoms with Gasteiger partial charge in [0.1, 0.15) is 0 Å². The Morgan fingerprint density at radius 2 is 2.05 bits per heavy atom. The van der Waals surface area contributed by atoms with Crippen LogP contribution in [0.2, 0.25) is 0 Å². The molecule has 0 saturated carbocycles. The minimum atomic E-state index is -0.274. The molecule has 1 amide bonds. The fourth-order valence-electron chi connectivity index (χ4n) is 2.03. The number of nitrogens with zero attached hydrogens (tertiary/aromatic N) is 2. The standard InChI is InChI=1S/C14H22BrN3O/c1-4-18(10-14(16)19)8-7-17(3)13-6-5-12(15)9-11(13)2/h5-6,9H,4,7-8,10H2,1-3H3,(H2,16,19). The summed E-state index contributed by atoms with van der Waals surface area (Å²) in [6.45, 7) is 6.97. The van der Waals surface area contributed by atoms with Crippen molar-refractivity contribution < 1.29 is 4.79 Å². The van der Waals surface area contributed by atoms with Crippen LogP contribution in [0, 0.1) is 6.92 Å². The molecular weight excluding hydrogens is 306 g/mol. The molecule has 106 valence electrons. The van der Waals surface area contributed by atoms with Crippen LogP contribution < -0.4 is 10.6 Å². The molecule has 0 saturated heterocycles. The molecule has 0 bridgehead atoms. The summed E-state index contributed by atoms with van der Waals surface area (Å²) in [7, 11) is 2.06. The summed E-state index contributed by atoms with van der Waals surface area (Å²) in [5, 5.41) is 0. The Labute approximate surface area is 123 Å². The highest BCUT2D eigenvalue weighted by atomic mass is 79.9. The molecule has 0 aliphatic heterocycles. The van der Waals surface area contributed by atoms with Gasteiger partial charge in [0.15, 0.2) is 0 Å². The highest BCUT2D eigenvalue weighted by molar-refractivity contribution is 9.10. The van der Waals surface area contributed by atoms with Crippen molar-refractivity contribution >= 4 is 27.5 Å². The van der Waals surface area contributed by atoms with Crippen molar-refractivity contribution in [1.82, 2.24) is 4.90 Å². The minimum absolute atomic E-state index is 0.274. The van der Waals surface area contributed by atoms with Gasteiger partial charge in [-0.1, -0.05) is 22.9 Å². The number of benzene rings is 1. The molecule has 0 spiro atoms. The number of nitrogens with two attached hydrogens (primary N) is 1. The molecule has 0 atom stereocenters. The summed E-state index contributed by atoms with van der Waals surface area (Å²) in [6.07, 6.45) is 0. The molecule has 0 fully saturated rings. The number of rotatable bonds is 7. The fraction of sp³-hybridized carbons (Fsp3) is 0.500. The van der Waals surface area contributed by atoms with Crippen molar-refractivity contribution in [3.63, 3.8) is 0 Å². The molecule has 4 nitrogen and oxygen atoms in total. The Morgan fingerprint density at radius 1 is 1.37 bits per heavy atom. The molecule has 2 N–H and O–H groups in total. The average Bonchev–Trinajstić information content (AvgIpc) is 2.33. The van der Waals surface area contributed by atoms with Gasteiger partial charge in [0.25, 0.3) is 0 Å². The third-order valence-electron chi connectivity index (χ3n) is 3.15. The van der Waals surface area contributed by atoms with Crippen molar-refractivity contribution in [2.45, 2.75) is 13.8 Å². The van der Waals surface area contributed by atoms with Gasteiger partial charge in [0.2, 0.25) is 5.91 Å². The summed E-state index contributed by atoms with van der Waals surface area (Å²) in [4.78, 5) is 15.2. The van der Waals surface area contributed by atoms with Crippen LogP contribution in [-0.2, 0) is 4.79 Å². The monoisotopic (exact) mass is 327 g/mol. The lowest BCUT2D eigenvalue weighted by Gasteiger charge is -2.26. The molecule has 0 radical (unpaired) electrons. The molecular formula is C14H22BrN3O. The lowest BCUT2D eigenvalue weighted by atomic mass is 10.2. The molecule has 1 aromatic carbocycles. The van der Waals surface area contributed by atoms with E-state index >= 15 is 0 Å². The van der Waals surface area contributed by atoms with Crippen LogP contribution in [0.4, 0.5) is 5.69 Å². The number of carbonyl (C=O) groups excluding carboxylic acids is 1. The first-order valence-electron chi connectivity index (χ1n) is 6.42. The number of halogens is 1. The number of carbonyl (C=O) groups is 1. The van der Waals surface area contributed by atoms with Crippen LogP contribution in [0.25, 0.3) is 0 Å². The lowest BCUT2D eigenvalue weighted by molar-refractivity contribution is -0.119. The molecule has 1 aromatic rings. The first kappa shape index (κ1) is 16.0. The summed E-state index contributed by atoms with van der Waals surface area (Å²) in [5.74, 6) is -0.274. The largest absolute Gasteiger partial charge is 0.373 e. The third-order valence-corrected chi connectivity index (χ3v) is 3.64. The molecule has 0 unspecified atom stereocenters. The van der Waals surface area contributed by atoms with Gasteiger partial charge in [0, 0.05) is 30.3 Å². The third kappa shape index (κ3) is 5.20. The zero-order valence-electron chi connectivity index (χ0n) is 11.8. The first-order valence-corrected chi connectivity index (χ1v) is 7.21. The van der Waals surface area contributed by atoms with E-state index in [-0.39, 0.29) is 5.91 Å². The number of hydrogen-bond acceptors (Lipinski definition) is 3. The quantitative estimate of drug-likeness (QED) is 0.833. The van der Waals surface area contributed by atoms with Crippen LogP contribution in [0.15, 0.2) is 22.7 Å². The predicted molar refractivity (Wildman–Crippen MR) is 83.5 cm³/mol. The van der Waals surface area contributed by atoms with Gasteiger partial charge < -0.3 is 10.6 Å². The number of anilines is 1. The Bertz CT molecular complexity index is 437. The van der Waals surface area contributed by atoms with Gasteiger partial charge in [-0.25, -0.2) is 0 Å². The van der Waals surface area contributed by atoms with Gasteiger partial charge in [-0.05, 0) is 37.2 Å². The molecule has 5 heteroatoms. The molecule has 1 rings (SSSR count). The Hall–Kier alpha value is -1.07. The van der Waals surface area contributed by atoms with Crippen LogP contribution in [0.5, 0.6) is 0 Å². The van der Waals surface area contributed by atoms with Gasteiger partial charge in [-0.15, -0.1) is 0 Å². The van der Waals surface area contributed by atoms with E-state index in [1.807, 2.05) is 17.9 Å². The predicted octanol–water partition coefficient (Wildman–Crippen LogP) is 2.00. The van der Waals surface area contributed by atoms with Gasteiger partial charge in [-0.3, -0.25) is 9.69 Å². The van der Waals surface area contributed by atoms with Crippen molar-refractivity contribution in [2.75, 3.05) is 38.1 Å². The number of hydrogen-bond donors (Lipinski definition) is 1. The Morgan fingerprint density at radius 3 is 2.58 bits per heavy atom. The number of primary amides is 1. The van der Waals surface area contributed by atoms with E-state index in [2.05, 4.69) is 46.9 Å². The topological polar surface area (TPSA) is 49.6 Å². The smallest absolute Gasteiger partial charge is 0.231 e. The summed E-state index contributed by atoms with van der Waals surface area (Å²) in [5.41, 5.74) is 7.67. The van der Waals surface area contributed by atoms with Gasteiger partial charge >= 0.3 is 0 Å². The first-order chi connectivity index (χ1) is 8.93. The number of amides is 1. The van der Waals surface area contributed by atoms with Gasteiger partial charge in [-0.2, -0.15) is 0 Å². The molecule has 0 aliphatic rings. The van der Waals surface area contributed by atoms with E-state index in [0.717, 1.165) is 24.1 Å². The van der Waals surface area contributed by atoms with Crippen LogP contribution in [0.3, 0.4) is 0 Å². The molecule has 0 heterocycles. The van der Waals surface area contributed by atoms with Crippen molar-refractivity contribution in [3.05, 3.63) is 28.2 Å². The zero-order valence-corrected chi connectivity index (χ0v) is 13.4. The number of aryl methyl sites for hydroxylation is 1. The van der Waals surface area contributed by atoms with E-state index in [0.29, 0.717) is 6.54 Å². The van der Waals surface area contributed by atoms with E-state index in [1.54, 1.807) is 0 Å². The van der Waals surface area contributed by atoms with E-state index in [4.69, 9.17) is 5.73 Å².